The summed E-state index contributed by atoms with van der Waals surface area (Å²) in [6, 6.07) is 16.5. The average Bonchev–Trinajstić information content (AvgIpc) is 3.05. The zero-order valence-corrected chi connectivity index (χ0v) is 17.3. The van der Waals surface area contributed by atoms with E-state index in [1.54, 1.807) is 23.9 Å². The van der Waals surface area contributed by atoms with Crippen LogP contribution >= 0.6 is 11.8 Å². The van der Waals surface area contributed by atoms with Crippen LogP contribution in [0.2, 0.25) is 0 Å². The Morgan fingerprint density at radius 2 is 1.83 bits per heavy atom. The lowest BCUT2D eigenvalue weighted by Crippen LogP contribution is -2.10. The number of aromatic nitrogens is 1. The second-order valence-electron chi connectivity index (χ2n) is 6.65. The van der Waals surface area contributed by atoms with Crippen LogP contribution in [0, 0.1) is 12.7 Å². The molecule has 1 N–H and O–H groups in total. The largest absolute Gasteiger partial charge is 0.465 e. The maximum absolute atomic E-state index is 13.4. The van der Waals surface area contributed by atoms with Gasteiger partial charge in [0.05, 0.1) is 18.7 Å². The van der Waals surface area contributed by atoms with Gasteiger partial charge < -0.3 is 14.4 Å². The molecule has 1 heterocycles. The number of thioether (sulfide) groups is 1. The van der Waals surface area contributed by atoms with Crippen LogP contribution in [0.1, 0.15) is 17.7 Å². The van der Waals surface area contributed by atoms with E-state index in [9.17, 15) is 9.18 Å². The number of nitrogens with zero attached hydrogens (tertiary/aromatic N) is 1. The minimum atomic E-state index is -0.331. The third-order valence-electron chi connectivity index (χ3n) is 4.72. The summed E-state index contributed by atoms with van der Waals surface area (Å²) in [6.45, 7) is 2.14. The number of halogens is 1. The number of aliphatic hydroxyl groups excluding tert-OH is 1. The van der Waals surface area contributed by atoms with Gasteiger partial charge in [-0.1, -0.05) is 12.1 Å². The lowest BCUT2D eigenvalue weighted by atomic mass is 10.1. The molecule has 0 unspecified atom stereocenters. The van der Waals surface area contributed by atoms with Gasteiger partial charge >= 0.3 is 5.97 Å². The summed E-state index contributed by atoms with van der Waals surface area (Å²) in [5.41, 5.74) is 4.52. The third-order valence-corrected chi connectivity index (χ3v) is 5.47. The van der Waals surface area contributed by atoms with Gasteiger partial charge in [0.15, 0.2) is 0 Å². The van der Waals surface area contributed by atoms with Crippen molar-refractivity contribution in [2.75, 3.05) is 19.5 Å². The molecule has 0 spiro atoms. The number of hydrogen-bond acceptors (Lipinski definition) is 4. The zero-order chi connectivity index (χ0) is 20.8. The molecule has 0 aliphatic rings. The first-order chi connectivity index (χ1) is 14.0. The second-order valence-corrected chi connectivity index (χ2v) is 7.53. The first-order valence-electron chi connectivity index (χ1n) is 9.41. The Labute approximate surface area is 174 Å². The molecule has 0 saturated carbocycles. The molecular weight excluding hydrogens is 389 g/mol. The fourth-order valence-electron chi connectivity index (χ4n) is 3.19. The highest BCUT2D eigenvalue weighted by Crippen LogP contribution is 2.31. The highest BCUT2D eigenvalue weighted by Gasteiger charge is 2.18. The van der Waals surface area contributed by atoms with Crippen LogP contribution in [0.5, 0.6) is 0 Å². The van der Waals surface area contributed by atoms with Crippen LogP contribution in [0.25, 0.3) is 16.9 Å². The van der Waals surface area contributed by atoms with Crippen molar-refractivity contribution >= 4 is 17.7 Å². The molecular formula is C23H24FNO3S. The summed E-state index contributed by atoms with van der Waals surface area (Å²) in [4.78, 5) is 13.4. The van der Waals surface area contributed by atoms with Gasteiger partial charge in [0.1, 0.15) is 5.82 Å². The summed E-state index contributed by atoms with van der Waals surface area (Å²) < 4.78 is 20.7. The number of carbonyl (C=O) groups excluding carboxylic acids is 1. The van der Waals surface area contributed by atoms with E-state index in [1.807, 2.05) is 35.9 Å². The molecule has 0 radical (unpaired) electrons. The Morgan fingerprint density at radius 1 is 1.14 bits per heavy atom. The molecule has 0 saturated heterocycles. The maximum Gasteiger partial charge on any atom is 0.310 e. The fourth-order valence-corrected chi connectivity index (χ4v) is 3.60. The van der Waals surface area contributed by atoms with E-state index >= 15 is 0 Å². The molecule has 0 aliphatic carbocycles. The van der Waals surface area contributed by atoms with Crippen molar-refractivity contribution in [1.82, 2.24) is 4.57 Å². The highest BCUT2D eigenvalue weighted by atomic mass is 32.2. The van der Waals surface area contributed by atoms with Crippen molar-refractivity contribution in [3.05, 3.63) is 71.7 Å². The van der Waals surface area contributed by atoms with Gasteiger partial charge in [-0.05, 0) is 66.8 Å². The smallest absolute Gasteiger partial charge is 0.310 e. The number of aliphatic hydroxyl groups is 1. The van der Waals surface area contributed by atoms with E-state index < -0.39 is 0 Å². The van der Waals surface area contributed by atoms with Gasteiger partial charge in [-0.15, -0.1) is 11.8 Å². The fraction of sp³-hybridized carbons (Fsp3) is 0.261. The molecule has 0 bridgehead atoms. The summed E-state index contributed by atoms with van der Waals surface area (Å²) >= 11 is 1.67. The molecule has 2 aromatic carbocycles. The summed E-state index contributed by atoms with van der Waals surface area (Å²) in [7, 11) is 0. The van der Waals surface area contributed by atoms with Crippen LogP contribution in [-0.4, -0.2) is 35.1 Å². The molecule has 3 aromatic rings. The molecule has 4 nitrogen and oxygen atoms in total. The maximum atomic E-state index is 13.4. The monoisotopic (exact) mass is 413 g/mol. The lowest BCUT2D eigenvalue weighted by Gasteiger charge is -2.13. The molecule has 0 fully saturated rings. The molecule has 3 rings (SSSR count). The number of esters is 1. The Balaban J connectivity index is 2.00. The first kappa shape index (κ1) is 21.1. The van der Waals surface area contributed by atoms with Crippen LogP contribution in [-0.2, 0) is 16.0 Å². The second kappa shape index (κ2) is 9.76. The minimum absolute atomic E-state index is 0.0105. The topological polar surface area (TPSA) is 51.5 Å². The van der Waals surface area contributed by atoms with Crippen molar-refractivity contribution in [1.29, 1.82) is 0 Å². The normalized spacial score (nSPS) is 10.9. The van der Waals surface area contributed by atoms with Crippen molar-refractivity contribution in [2.45, 2.75) is 24.7 Å². The Bertz CT molecular complexity index is 965. The van der Waals surface area contributed by atoms with Gasteiger partial charge in [-0.25, -0.2) is 4.39 Å². The van der Waals surface area contributed by atoms with Gasteiger partial charge in [-0.2, -0.15) is 0 Å². The molecule has 29 heavy (non-hydrogen) atoms. The van der Waals surface area contributed by atoms with Gasteiger partial charge in [0.2, 0.25) is 0 Å². The van der Waals surface area contributed by atoms with E-state index in [0.29, 0.717) is 6.42 Å². The zero-order valence-electron chi connectivity index (χ0n) is 16.5. The average molecular weight is 414 g/mol. The number of carbonyl (C=O) groups is 1. The number of benzene rings is 2. The van der Waals surface area contributed by atoms with Crippen LogP contribution in [0.3, 0.4) is 0 Å². The predicted octanol–water partition coefficient (Wildman–Crippen LogP) is 4.78. The SMILES string of the molecule is CSc1ccc(-c2cc(CC(=O)OCCCO)c(C)n2-c2ccc(F)cc2)cc1. The van der Waals surface area contributed by atoms with Crippen LogP contribution in [0.4, 0.5) is 4.39 Å². The number of ether oxygens (including phenoxy) is 1. The number of hydrogen-bond donors (Lipinski definition) is 1. The van der Waals surface area contributed by atoms with E-state index in [4.69, 9.17) is 9.84 Å². The van der Waals surface area contributed by atoms with Crippen molar-refractivity contribution < 1.29 is 19.0 Å². The van der Waals surface area contributed by atoms with Crippen LogP contribution < -0.4 is 0 Å². The quantitative estimate of drug-likeness (QED) is 0.328. The van der Waals surface area contributed by atoms with E-state index in [2.05, 4.69) is 12.1 Å². The summed E-state index contributed by atoms with van der Waals surface area (Å²) in [5.74, 6) is -0.626. The van der Waals surface area contributed by atoms with Crippen LogP contribution in [0.15, 0.2) is 59.5 Å². The molecule has 0 atom stereocenters. The standard InChI is InChI=1S/C23H24FNO3S/c1-16-18(15-23(27)28-13-3-12-26)14-22(17-4-10-21(29-2)11-5-17)25(16)20-8-6-19(24)7-9-20/h4-11,14,26H,3,12-13,15H2,1-2H3. The first-order valence-corrected chi connectivity index (χ1v) is 10.6. The summed E-state index contributed by atoms with van der Waals surface area (Å²) in [6.07, 6.45) is 2.59. The Kier molecular flexibility index (Phi) is 7.12. The predicted molar refractivity (Wildman–Crippen MR) is 114 cm³/mol. The minimum Gasteiger partial charge on any atom is -0.465 e. The van der Waals surface area contributed by atoms with Gasteiger partial charge in [0.25, 0.3) is 0 Å². The van der Waals surface area contributed by atoms with E-state index in [0.717, 1.165) is 33.1 Å². The Morgan fingerprint density at radius 3 is 2.45 bits per heavy atom. The molecule has 152 valence electrons. The van der Waals surface area contributed by atoms with Crippen molar-refractivity contribution in [3.8, 4) is 16.9 Å². The van der Waals surface area contributed by atoms with Gasteiger partial charge in [-0.3, -0.25) is 4.79 Å². The molecule has 0 aliphatic heterocycles. The van der Waals surface area contributed by atoms with Crippen molar-refractivity contribution in [2.24, 2.45) is 0 Å². The molecule has 6 heteroatoms. The molecule has 0 amide bonds. The number of rotatable bonds is 8. The van der Waals surface area contributed by atoms with Gasteiger partial charge in [0, 0.05) is 29.3 Å². The summed E-state index contributed by atoms with van der Waals surface area (Å²) in [5, 5.41) is 8.84. The molecule has 1 aromatic heterocycles. The lowest BCUT2D eigenvalue weighted by molar-refractivity contribution is -0.143. The van der Waals surface area contributed by atoms with E-state index in [-0.39, 0.29) is 31.4 Å². The van der Waals surface area contributed by atoms with Crippen molar-refractivity contribution in [3.63, 3.8) is 0 Å². The third kappa shape index (κ3) is 5.08. The Hall–Kier alpha value is -2.57. The highest BCUT2D eigenvalue weighted by molar-refractivity contribution is 7.98. The van der Waals surface area contributed by atoms with E-state index in [1.165, 1.54) is 12.1 Å².